The minimum absolute atomic E-state index is 0.172. The van der Waals surface area contributed by atoms with Crippen molar-refractivity contribution in [2.75, 3.05) is 32.7 Å². The third kappa shape index (κ3) is 5.82. The molecule has 0 unspecified atom stereocenters. The highest BCUT2D eigenvalue weighted by atomic mass is 16.2. The minimum Gasteiger partial charge on any atom is -0.340 e. The van der Waals surface area contributed by atoms with E-state index >= 15 is 0 Å². The van der Waals surface area contributed by atoms with E-state index in [4.69, 9.17) is 0 Å². The van der Waals surface area contributed by atoms with E-state index in [2.05, 4.69) is 18.1 Å². The quantitative estimate of drug-likeness (QED) is 0.716. The largest absolute Gasteiger partial charge is 0.340 e. The maximum Gasteiger partial charge on any atom is 0.219 e. The van der Waals surface area contributed by atoms with Crippen LogP contribution in [0.4, 0.5) is 0 Å². The van der Waals surface area contributed by atoms with Crippen LogP contribution in [0.2, 0.25) is 0 Å². The van der Waals surface area contributed by atoms with Gasteiger partial charge in [0.2, 0.25) is 5.91 Å². The van der Waals surface area contributed by atoms with Crippen LogP contribution >= 0.6 is 0 Å². The third-order valence-corrected chi connectivity index (χ3v) is 2.82. The van der Waals surface area contributed by atoms with E-state index in [9.17, 15) is 4.79 Å². The standard InChI is InChI=1S/C13H20N2O.C2H6/c1-4-6-13(5-2)11-14-7-9-15(10-8-14)12(3)16;1-2/h4-6H,1-2,7-11H2,3H3;1-2H3/b13-6+;. The maximum absolute atomic E-state index is 11.2. The molecule has 1 amide bonds. The van der Waals surface area contributed by atoms with Gasteiger partial charge < -0.3 is 4.90 Å². The van der Waals surface area contributed by atoms with E-state index in [1.807, 2.05) is 30.9 Å². The van der Waals surface area contributed by atoms with Crippen molar-refractivity contribution in [1.82, 2.24) is 9.80 Å². The summed E-state index contributed by atoms with van der Waals surface area (Å²) in [5, 5.41) is 0. The lowest BCUT2D eigenvalue weighted by Gasteiger charge is -2.34. The fourth-order valence-corrected chi connectivity index (χ4v) is 1.82. The van der Waals surface area contributed by atoms with Crippen LogP contribution < -0.4 is 0 Å². The summed E-state index contributed by atoms with van der Waals surface area (Å²) in [6.45, 7) is 17.5. The van der Waals surface area contributed by atoms with Gasteiger partial charge in [-0.25, -0.2) is 0 Å². The number of amides is 1. The van der Waals surface area contributed by atoms with Gasteiger partial charge in [0.05, 0.1) is 0 Å². The van der Waals surface area contributed by atoms with Crippen molar-refractivity contribution in [2.24, 2.45) is 0 Å². The van der Waals surface area contributed by atoms with Crippen LogP contribution in [0.3, 0.4) is 0 Å². The summed E-state index contributed by atoms with van der Waals surface area (Å²) in [6.07, 6.45) is 5.62. The van der Waals surface area contributed by atoms with Crippen LogP contribution in [0.25, 0.3) is 0 Å². The third-order valence-electron chi connectivity index (χ3n) is 2.82. The number of allylic oxidation sites excluding steroid dienone is 2. The Kier molecular flexibility index (Phi) is 8.93. The van der Waals surface area contributed by atoms with E-state index < -0.39 is 0 Å². The second-order valence-corrected chi connectivity index (χ2v) is 3.96. The first-order valence-electron chi connectivity index (χ1n) is 6.59. The van der Waals surface area contributed by atoms with Crippen molar-refractivity contribution >= 4 is 5.91 Å². The molecule has 1 rings (SSSR count). The van der Waals surface area contributed by atoms with Gasteiger partial charge in [-0.1, -0.05) is 45.2 Å². The molecule has 3 heteroatoms. The van der Waals surface area contributed by atoms with Crippen LogP contribution in [0.1, 0.15) is 20.8 Å². The molecule has 102 valence electrons. The zero-order valence-electron chi connectivity index (χ0n) is 12.0. The molecule has 0 atom stereocenters. The highest BCUT2D eigenvalue weighted by molar-refractivity contribution is 5.73. The molecule has 18 heavy (non-hydrogen) atoms. The molecule has 0 bridgehead atoms. The fourth-order valence-electron chi connectivity index (χ4n) is 1.82. The van der Waals surface area contributed by atoms with E-state index in [0.717, 1.165) is 32.7 Å². The molecular formula is C15H26N2O. The molecule has 0 aromatic carbocycles. The maximum atomic E-state index is 11.2. The van der Waals surface area contributed by atoms with Crippen LogP contribution in [0, 0.1) is 0 Å². The number of carbonyl (C=O) groups excluding carboxylic acids is 1. The van der Waals surface area contributed by atoms with Crippen LogP contribution in [0.15, 0.2) is 37.0 Å². The van der Waals surface area contributed by atoms with Gasteiger partial charge in [0.15, 0.2) is 0 Å². The van der Waals surface area contributed by atoms with E-state index in [0.29, 0.717) is 0 Å². The van der Waals surface area contributed by atoms with Gasteiger partial charge in [-0.2, -0.15) is 0 Å². The Hall–Kier alpha value is -1.35. The monoisotopic (exact) mass is 250 g/mol. The van der Waals surface area contributed by atoms with Gasteiger partial charge in [0, 0.05) is 39.6 Å². The molecule has 0 aromatic heterocycles. The lowest BCUT2D eigenvalue weighted by atomic mass is 10.2. The molecule has 1 aliphatic heterocycles. The second kappa shape index (κ2) is 9.66. The number of piperazine rings is 1. The summed E-state index contributed by atoms with van der Waals surface area (Å²) in [7, 11) is 0. The Morgan fingerprint density at radius 1 is 1.17 bits per heavy atom. The van der Waals surface area contributed by atoms with E-state index in [1.165, 1.54) is 5.57 Å². The summed E-state index contributed by atoms with van der Waals surface area (Å²) in [5.74, 6) is 0.172. The van der Waals surface area contributed by atoms with Crippen LogP contribution in [0.5, 0.6) is 0 Å². The number of carbonyl (C=O) groups is 1. The van der Waals surface area contributed by atoms with Gasteiger partial charge in [-0.15, -0.1) is 0 Å². The summed E-state index contributed by atoms with van der Waals surface area (Å²) in [5.41, 5.74) is 1.17. The Morgan fingerprint density at radius 3 is 2.11 bits per heavy atom. The zero-order chi connectivity index (χ0) is 14.0. The molecule has 0 radical (unpaired) electrons. The smallest absolute Gasteiger partial charge is 0.219 e. The Balaban J connectivity index is 0.00000137. The average molecular weight is 250 g/mol. The highest BCUT2D eigenvalue weighted by Crippen LogP contribution is 2.06. The van der Waals surface area contributed by atoms with Crippen molar-refractivity contribution < 1.29 is 4.79 Å². The molecule has 1 saturated heterocycles. The highest BCUT2D eigenvalue weighted by Gasteiger charge is 2.18. The molecular weight excluding hydrogens is 224 g/mol. The lowest BCUT2D eigenvalue weighted by Crippen LogP contribution is -2.48. The van der Waals surface area contributed by atoms with Gasteiger partial charge in [-0.3, -0.25) is 9.69 Å². The number of hydrogen-bond acceptors (Lipinski definition) is 2. The van der Waals surface area contributed by atoms with Gasteiger partial charge in [0.1, 0.15) is 0 Å². The molecule has 0 aromatic rings. The molecule has 0 aliphatic carbocycles. The first-order chi connectivity index (χ1) is 8.67. The lowest BCUT2D eigenvalue weighted by molar-refractivity contribution is -0.130. The first kappa shape index (κ1) is 16.6. The minimum atomic E-state index is 0.172. The van der Waals surface area contributed by atoms with E-state index in [1.54, 1.807) is 13.0 Å². The molecule has 1 aliphatic rings. The van der Waals surface area contributed by atoms with Crippen molar-refractivity contribution in [1.29, 1.82) is 0 Å². The van der Waals surface area contributed by atoms with Crippen molar-refractivity contribution in [2.45, 2.75) is 20.8 Å². The van der Waals surface area contributed by atoms with Crippen LogP contribution in [-0.4, -0.2) is 48.4 Å². The van der Waals surface area contributed by atoms with Crippen LogP contribution in [-0.2, 0) is 4.79 Å². The van der Waals surface area contributed by atoms with Gasteiger partial charge >= 0.3 is 0 Å². The van der Waals surface area contributed by atoms with Gasteiger partial charge in [0.25, 0.3) is 0 Å². The Morgan fingerprint density at radius 2 is 1.72 bits per heavy atom. The average Bonchev–Trinajstić information content (AvgIpc) is 2.41. The van der Waals surface area contributed by atoms with Crippen molar-refractivity contribution in [3.05, 3.63) is 37.0 Å². The zero-order valence-corrected chi connectivity index (χ0v) is 12.0. The predicted molar refractivity (Wildman–Crippen MR) is 78.5 cm³/mol. The number of rotatable bonds is 4. The Bertz CT molecular complexity index is 300. The van der Waals surface area contributed by atoms with Crippen molar-refractivity contribution in [3.8, 4) is 0 Å². The fraction of sp³-hybridized carbons (Fsp3) is 0.533. The molecule has 0 N–H and O–H groups in total. The summed E-state index contributed by atoms with van der Waals surface area (Å²) in [4.78, 5) is 15.4. The van der Waals surface area contributed by atoms with Crippen molar-refractivity contribution in [3.63, 3.8) is 0 Å². The van der Waals surface area contributed by atoms with Gasteiger partial charge in [-0.05, 0) is 5.57 Å². The predicted octanol–water partition coefficient (Wildman–Crippen LogP) is 2.48. The molecule has 1 fully saturated rings. The number of hydrogen-bond donors (Lipinski definition) is 0. The normalized spacial score (nSPS) is 16.6. The summed E-state index contributed by atoms with van der Waals surface area (Å²) < 4.78 is 0. The molecule has 0 spiro atoms. The van der Waals surface area contributed by atoms with E-state index in [-0.39, 0.29) is 5.91 Å². The first-order valence-corrected chi connectivity index (χ1v) is 6.59. The topological polar surface area (TPSA) is 23.6 Å². The summed E-state index contributed by atoms with van der Waals surface area (Å²) in [6, 6.07) is 0. The second-order valence-electron chi connectivity index (χ2n) is 3.96. The SMILES string of the molecule is C=C/C=C(\C=C)CN1CCN(C(C)=O)CC1.CC. The molecule has 3 nitrogen and oxygen atoms in total. The molecule has 1 heterocycles. The Labute approximate surface area is 111 Å². The number of nitrogens with zero attached hydrogens (tertiary/aromatic N) is 2. The molecule has 0 saturated carbocycles. The summed E-state index contributed by atoms with van der Waals surface area (Å²) >= 11 is 0.